The number of carbonyl (C=O) groups is 1. The average molecular weight is 340 g/mol. The average Bonchev–Trinajstić information content (AvgIpc) is 3.32. The fourth-order valence-electron chi connectivity index (χ4n) is 3.72. The van der Waals surface area contributed by atoms with Crippen molar-refractivity contribution in [3.05, 3.63) is 48.0 Å². The Labute approximate surface area is 147 Å². The highest BCUT2D eigenvalue weighted by Crippen LogP contribution is 2.21. The summed E-state index contributed by atoms with van der Waals surface area (Å²) in [7, 11) is 0. The summed E-state index contributed by atoms with van der Waals surface area (Å²) < 4.78 is 2.06. The van der Waals surface area contributed by atoms with Crippen LogP contribution in [0.15, 0.2) is 36.8 Å². The van der Waals surface area contributed by atoms with Crippen molar-refractivity contribution in [3.63, 3.8) is 0 Å². The maximum atomic E-state index is 12.3. The number of nitrogens with zero attached hydrogens (tertiary/aromatic N) is 5. The highest BCUT2D eigenvalue weighted by atomic mass is 16.2. The Morgan fingerprint density at radius 3 is 2.76 bits per heavy atom. The first-order valence-corrected chi connectivity index (χ1v) is 8.96. The highest BCUT2D eigenvalue weighted by Gasteiger charge is 2.27. The number of hydrogen-bond acceptors (Lipinski definition) is 4. The van der Waals surface area contributed by atoms with Crippen LogP contribution >= 0.6 is 0 Å². The lowest BCUT2D eigenvalue weighted by Crippen LogP contribution is -2.45. The van der Waals surface area contributed by atoms with Gasteiger partial charge in [-0.15, -0.1) is 0 Å². The molecule has 0 aromatic carbocycles. The number of aromatic nitrogens is 3. The smallest absolute Gasteiger partial charge is 0.317 e. The van der Waals surface area contributed by atoms with Crippen molar-refractivity contribution < 1.29 is 4.79 Å². The summed E-state index contributed by atoms with van der Waals surface area (Å²) in [5.74, 6) is 0. The number of amides is 2. The van der Waals surface area contributed by atoms with E-state index < -0.39 is 0 Å². The van der Waals surface area contributed by atoms with Crippen LogP contribution in [0, 0.1) is 0 Å². The zero-order valence-electron chi connectivity index (χ0n) is 14.3. The minimum atomic E-state index is 0.0532. The van der Waals surface area contributed by atoms with E-state index >= 15 is 0 Å². The Kier molecular flexibility index (Phi) is 4.65. The van der Waals surface area contributed by atoms with Gasteiger partial charge in [-0.05, 0) is 36.6 Å². The molecule has 7 nitrogen and oxygen atoms in total. The predicted molar refractivity (Wildman–Crippen MR) is 93.8 cm³/mol. The Morgan fingerprint density at radius 2 is 1.96 bits per heavy atom. The molecule has 7 heteroatoms. The van der Waals surface area contributed by atoms with Gasteiger partial charge < -0.3 is 10.2 Å². The second kappa shape index (κ2) is 7.23. The van der Waals surface area contributed by atoms with E-state index in [9.17, 15) is 4.79 Å². The molecule has 1 atom stereocenters. The first-order chi connectivity index (χ1) is 12.3. The summed E-state index contributed by atoms with van der Waals surface area (Å²) in [4.78, 5) is 20.7. The molecule has 1 fully saturated rings. The summed E-state index contributed by atoms with van der Waals surface area (Å²) in [6.07, 6.45) is 7.73. The molecule has 0 unspecified atom stereocenters. The molecule has 1 N–H and O–H groups in total. The highest BCUT2D eigenvalue weighted by molar-refractivity contribution is 5.74. The second-order valence-corrected chi connectivity index (χ2v) is 6.83. The second-order valence-electron chi connectivity index (χ2n) is 6.83. The molecule has 0 radical (unpaired) electrons. The van der Waals surface area contributed by atoms with Gasteiger partial charge in [0, 0.05) is 57.9 Å². The third kappa shape index (κ3) is 3.66. The first-order valence-electron chi connectivity index (χ1n) is 8.96. The van der Waals surface area contributed by atoms with E-state index in [0.717, 1.165) is 45.6 Å². The lowest BCUT2D eigenvalue weighted by molar-refractivity contribution is 0.161. The van der Waals surface area contributed by atoms with Crippen LogP contribution in [0.4, 0.5) is 4.79 Å². The van der Waals surface area contributed by atoms with Gasteiger partial charge in [0.05, 0.1) is 11.7 Å². The SMILES string of the molecule is O=C(NC[C@@H]1CN(Cc2ccncc2)Cc2ccnn21)N1CCCC1. The van der Waals surface area contributed by atoms with Crippen LogP contribution < -0.4 is 5.32 Å². The van der Waals surface area contributed by atoms with Gasteiger partial charge >= 0.3 is 6.03 Å². The molecular formula is C18H24N6O. The van der Waals surface area contributed by atoms with Crippen molar-refractivity contribution >= 4 is 6.03 Å². The maximum absolute atomic E-state index is 12.3. The van der Waals surface area contributed by atoms with Crippen LogP contribution in [0.2, 0.25) is 0 Å². The predicted octanol–water partition coefficient (Wildman–Crippen LogP) is 1.64. The van der Waals surface area contributed by atoms with E-state index in [1.165, 1.54) is 11.3 Å². The lowest BCUT2D eigenvalue weighted by atomic mass is 10.1. The summed E-state index contributed by atoms with van der Waals surface area (Å²) in [6, 6.07) is 6.38. The van der Waals surface area contributed by atoms with Gasteiger partial charge in [-0.1, -0.05) is 0 Å². The van der Waals surface area contributed by atoms with E-state index in [-0.39, 0.29) is 12.1 Å². The van der Waals surface area contributed by atoms with Crippen molar-refractivity contribution in [3.8, 4) is 0 Å². The summed E-state index contributed by atoms with van der Waals surface area (Å²) in [5.41, 5.74) is 2.45. The van der Waals surface area contributed by atoms with E-state index in [4.69, 9.17) is 0 Å². The van der Waals surface area contributed by atoms with Gasteiger partial charge in [0.15, 0.2) is 0 Å². The summed E-state index contributed by atoms with van der Waals surface area (Å²) >= 11 is 0. The number of carbonyl (C=O) groups excluding carboxylic acids is 1. The van der Waals surface area contributed by atoms with E-state index in [1.807, 2.05) is 23.5 Å². The van der Waals surface area contributed by atoms with Gasteiger partial charge in [-0.3, -0.25) is 14.6 Å². The molecule has 132 valence electrons. The van der Waals surface area contributed by atoms with Crippen molar-refractivity contribution in [2.75, 3.05) is 26.2 Å². The van der Waals surface area contributed by atoms with E-state index in [2.05, 4.69) is 43.2 Å². The normalized spacial score (nSPS) is 20.5. The number of pyridine rings is 1. The molecule has 2 aromatic heterocycles. The molecule has 0 bridgehead atoms. The van der Waals surface area contributed by atoms with Gasteiger partial charge in [-0.25, -0.2) is 4.79 Å². The molecule has 2 amide bonds. The molecule has 2 aliphatic heterocycles. The molecule has 4 heterocycles. The number of fused-ring (bicyclic) bond motifs is 1. The van der Waals surface area contributed by atoms with Crippen LogP contribution in [0.5, 0.6) is 0 Å². The summed E-state index contributed by atoms with van der Waals surface area (Å²) in [6.45, 7) is 4.98. The fourth-order valence-corrected chi connectivity index (χ4v) is 3.72. The topological polar surface area (TPSA) is 66.3 Å². The molecule has 2 aliphatic rings. The third-order valence-electron chi connectivity index (χ3n) is 4.99. The van der Waals surface area contributed by atoms with Gasteiger partial charge in [-0.2, -0.15) is 5.10 Å². The summed E-state index contributed by atoms with van der Waals surface area (Å²) in [5, 5.41) is 7.57. The molecule has 0 aliphatic carbocycles. The van der Waals surface area contributed by atoms with Crippen LogP contribution in [-0.2, 0) is 13.1 Å². The zero-order valence-corrected chi connectivity index (χ0v) is 14.3. The monoisotopic (exact) mass is 340 g/mol. The minimum Gasteiger partial charge on any atom is -0.336 e. The molecule has 0 saturated carbocycles. The first kappa shape index (κ1) is 16.1. The zero-order chi connectivity index (χ0) is 17.1. The Hall–Kier alpha value is -2.41. The molecule has 25 heavy (non-hydrogen) atoms. The number of rotatable bonds is 4. The molecule has 1 saturated heterocycles. The van der Waals surface area contributed by atoms with Gasteiger partial charge in [0.2, 0.25) is 0 Å². The molecule has 2 aromatic rings. The maximum Gasteiger partial charge on any atom is 0.317 e. The van der Waals surface area contributed by atoms with E-state index in [0.29, 0.717) is 6.54 Å². The number of nitrogens with one attached hydrogen (secondary N) is 1. The minimum absolute atomic E-state index is 0.0532. The third-order valence-corrected chi connectivity index (χ3v) is 4.99. The Morgan fingerprint density at radius 1 is 1.16 bits per heavy atom. The quantitative estimate of drug-likeness (QED) is 0.919. The largest absolute Gasteiger partial charge is 0.336 e. The van der Waals surface area contributed by atoms with Crippen LogP contribution in [-0.4, -0.2) is 56.8 Å². The van der Waals surface area contributed by atoms with Crippen molar-refractivity contribution in [2.24, 2.45) is 0 Å². The molecule has 4 rings (SSSR count). The van der Waals surface area contributed by atoms with E-state index in [1.54, 1.807) is 0 Å². The van der Waals surface area contributed by atoms with Crippen LogP contribution in [0.25, 0.3) is 0 Å². The fraction of sp³-hybridized carbons (Fsp3) is 0.500. The lowest BCUT2D eigenvalue weighted by Gasteiger charge is -2.34. The number of likely N-dealkylation sites (tertiary alicyclic amines) is 1. The van der Waals surface area contributed by atoms with Gasteiger partial charge in [0.25, 0.3) is 0 Å². The van der Waals surface area contributed by atoms with Crippen LogP contribution in [0.1, 0.15) is 30.1 Å². The Bertz CT molecular complexity index is 709. The Balaban J connectivity index is 1.41. The number of hydrogen-bond donors (Lipinski definition) is 1. The molecule has 0 spiro atoms. The number of urea groups is 1. The van der Waals surface area contributed by atoms with Crippen molar-refractivity contribution in [1.82, 2.24) is 29.9 Å². The van der Waals surface area contributed by atoms with Crippen molar-refractivity contribution in [1.29, 1.82) is 0 Å². The van der Waals surface area contributed by atoms with Crippen LogP contribution in [0.3, 0.4) is 0 Å². The van der Waals surface area contributed by atoms with Crippen molar-refractivity contribution in [2.45, 2.75) is 32.0 Å². The standard InChI is InChI=1S/C18H24N6O/c25-18(23-9-1-2-10-23)20-11-17-14-22(12-15-3-6-19-7-4-15)13-16-5-8-21-24(16)17/h3-8,17H,1-2,9-14H2,(H,20,25)/t17-/m1/s1. The molecular weight excluding hydrogens is 316 g/mol. The van der Waals surface area contributed by atoms with Gasteiger partial charge in [0.1, 0.15) is 0 Å².